The molecule has 1 atom stereocenters. The van der Waals surface area contributed by atoms with E-state index in [0.29, 0.717) is 4.83 Å². The maximum Gasteiger partial charge on any atom is 0.0725 e. The highest BCUT2D eigenvalue weighted by atomic mass is 79.9. The van der Waals surface area contributed by atoms with Crippen molar-refractivity contribution in [3.63, 3.8) is 0 Å². The molecule has 1 nitrogen and oxygen atoms in total. The second-order valence-corrected chi connectivity index (χ2v) is 6.30. The van der Waals surface area contributed by atoms with E-state index in [9.17, 15) is 0 Å². The topological polar surface area (TPSA) is 9.23 Å². The number of hydrogen-bond acceptors (Lipinski definition) is 1. The lowest BCUT2D eigenvalue weighted by Crippen LogP contribution is -1.93. The number of unbranched alkanes of at least 4 members (excludes halogenated alkanes) is 4. The van der Waals surface area contributed by atoms with Crippen molar-refractivity contribution in [2.24, 2.45) is 0 Å². The van der Waals surface area contributed by atoms with Crippen molar-refractivity contribution in [1.82, 2.24) is 0 Å². The number of halogens is 1. The highest BCUT2D eigenvalue weighted by Crippen LogP contribution is 2.31. The first-order chi connectivity index (χ1) is 8.81. The van der Waals surface area contributed by atoms with Crippen LogP contribution in [0.1, 0.15) is 67.0 Å². The van der Waals surface area contributed by atoms with Crippen molar-refractivity contribution in [3.8, 4) is 0 Å². The molecule has 1 aliphatic rings. The Labute approximate surface area is 119 Å². The first kappa shape index (κ1) is 14.1. The lowest BCUT2D eigenvalue weighted by Gasteiger charge is -2.11. The van der Waals surface area contributed by atoms with Crippen molar-refractivity contribution in [2.75, 3.05) is 0 Å². The Balaban J connectivity index is 1.80. The fourth-order valence-electron chi connectivity index (χ4n) is 2.48. The molecular formula is C16H23BrO. The van der Waals surface area contributed by atoms with Gasteiger partial charge in [0.1, 0.15) is 0 Å². The molecule has 100 valence electrons. The molecule has 0 aliphatic carbocycles. The molecular weight excluding hydrogens is 288 g/mol. The van der Waals surface area contributed by atoms with E-state index in [4.69, 9.17) is 4.74 Å². The van der Waals surface area contributed by atoms with Crippen LogP contribution in [0.5, 0.6) is 0 Å². The highest BCUT2D eigenvalue weighted by molar-refractivity contribution is 9.09. The largest absolute Gasteiger partial charge is 0.372 e. The van der Waals surface area contributed by atoms with Gasteiger partial charge in [0.25, 0.3) is 0 Å². The third-order valence-electron chi connectivity index (χ3n) is 3.67. The van der Waals surface area contributed by atoms with Gasteiger partial charge in [0, 0.05) is 4.83 Å². The number of fused-ring (bicyclic) bond motifs is 1. The average Bonchev–Trinajstić information content (AvgIpc) is 2.85. The Hall–Kier alpha value is -0.340. The number of benzene rings is 1. The standard InChI is InChI=1S/C16H23BrO/c1-2-3-4-5-6-7-16(17)13-8-9-14-11-18-12-15(14)10-13/h8-10,16H,2-7,11-12H2,1H3. The molecule has 1 heterocycles. The summed E-state index contributed by atoms with van der Waals surface area (Å²) in [6, 6.07) is 6.79. The Bertz CT molecular complexity index is 375. The number of alkyl halides is 1. The van der Waals surface area contributed by atoms with E-state index in [1.54, 1.807) is 0 Å². The highest BCUT2D eigenvalue weighted by Gasteiger charge is 2.14. The third-order valence-corrected chi connectivity index (χ3v) is 4.65. The molecule has 1 aliphatic heterocycles. The average molecular weight is 311 g/mol. The van der Waals surface area contributed by atoms with Crippen LogP contribution in [0.4, 0.5) is 0 Å². The molecule has 1 unspecified atom stereocenters. The van der Waals surface area contributed by atoms with E-state index in [2.05, 4.69) is 41.1 Å². The second-order valence-electron chi connectivity index (χ2n) is 5.19. The summed E-state index contributed by atoms with van der Waals surface area (Å²) in [5.41, 5.74) is 4.15. The van der Waals surface area contributed by atoms with Gasteiger partial charge in [0.2, 0.25) is 0 Å². The summed E-state index contributed by atoms with van der Waals surface area (Å²) < 4.78 is 5.46. The van der Waals surface area contributed by atoms with Gasteiger partial charge < -0.3 is 4.74 Å². The van der Waals surface area contributed by atoms with Crippen LogP contribution in [-0.2, 0) is 18.0 Å². The molecule has 0 radical (unpaired) electrons. The van der Waals surface area contributed by atoms with E-state index in [0.717, 1.165) is 13.2 Å². The van der Waals surface area contributed by atoms with Crippen LogP contribution in [0.3, 0.4) is 0 Å². The number of hydrogen-bond donors (Lipinski definition) is 0. The van der Waals surface area contributed by atoms with Gasteiger partial charge in [-0.1, -0.05) is 73.2 Å². The summed E-state index contributed by atoms with van der Waals surface area (Å²) in [7, 11) is 0. The van der Waals surface area contributed by atoms with E-state index in [-0.39, 0.29) is 0 Å². The van der Waals surface area contributed by atoms with Crippen LogP contribution in [0.2, 0.25) is 0 Å². The molecule has 18 heavy (non-hydrogen) atoms. The zero-order valence-electron chi connectivity index (χ0n) is 11.3. The summed E-state index contributed by atoms with van der Waals surface area (Å²) in [5.74, 6) is 0. The molecule has 0 aromatic heterocycles. The molecule has 0 saturated heterocycles. The van der Waals surface area contributed by atoms with Crippen molar-refractivity contribution in [2.45, 2.75) is 63.5 Å². The molecule has 1 aromatic rings. The van der Waals surface area contributed by atoms with Gasteiger partial charge in [0.05, 0.1) is 13.2 Å². The van der Waals surface area contributed by atoms with E-state index >= 15 is 0 Å². The van der Waals surface area contributed by atoms with Crippen LogP contribution >= 0.6 is 15.9 Å². The van der Waals surface area contributed by atoms with Crippen molar-refractivity contribution in [1.29, 1.82) is 0 Å². The van der Waals surface area contributed by atoms with Gasteiger partial charge in [-0.2, -0.15) is 0 Å². The Morgan fingerprint density at radius 1 is 1.11 bits per heavy atom. The first-order valence-electron chi connectivity index (χ1n) is 7.14. The minimum absolute atomic E-state index is 0.505. The molecule has 2 rings (SSSR count). The Morgan fingerprint density at radius 2 is 1.89 bits per heavy atom. The molecule has 0 N–H and O–H groups in total. The van der Waals surface area contributed by atoms with Gasteiger partial charge in [-0.3, -0.25) is 0 Å². The zero-order valence-corrected chi connectivity index (χ0v) is 12.8. The maximum atomic E-state index is 5.46. The van der Waals surface area contributed by atoms with Crippen LogP contribution in [0.15, 0.2) is 18.2 Å². The van der Waals surface area contributed by atoms with Gasteiger partial charge in [-0.05, 0) is 23.1 Å². The van der Waals surface area contributed by atoms with E-state index in [1.807, 2.05) is 0 Å². The SMILES string of the molecule is CCCCCCCC(Br)c1ccc2c(c1)COC2. The van der Waals surface area contributed by atoms with Crippen molar-refractivity contribution >= 4 is 15.9 Å². The van der Waals surface area contributed by atoms with Crippen LogP contribution in [-0.4, -0.2) is 0 Å². The molecule has 2 heteroatoms. The van der Waals surface area contributed by atoms with Crippen LogP contribution in [0.25, 0.3) is 0 Å². The molecule has 0 bridgehead atoms. The monoisotopic (exact) mass is 310 g/mol. The van der Waals surface area contributed by atoms with Gasteiger partial charge >= 0.3 is 0 Å². The van der Waals surface area contributed by atoms with E-state index in [1.165, 1.54) is 55.2 Å². The van der Waals surface area contributed by atoms with Crippen LogP contribution in [0, 0.1) is 0 Å². The third kappa shape index (κ3) is 3.83. The van der Waals surface area contributed by atoms with Gasteiger partial charge in [-0.25, -0.2) is 0 Å². The predicted octanol–water partition coefficient (Wildman–Crippen LogP) is 5.51. The minimum atomic E-state index is 0.505. The molecule has 0 fully saturated rings. The lowest BCUT2D eigenvalue weighted by atomic mass is 10.0. The fourth-order valence-corrected chi connectivity index (χ4v) is 3.09. The Kier molecular flexibility index (Phi) is 5.71. The summed E-state index contributed by atoms with van der Waals surface area (Å²) >= 11 is 3.82. The maximum absolute atomic E-state index is 5.46. The zero-order chi connectivity index (χ0) is 12.8. The van der Waals surface area contributed by atoms with Crippen molar-refractivity contribution in [3.05, 3.63) is 34.9 Å². The minimum Gasteiger partial charge on any atom is -0.372 e. The Morgan fingerprint density at radius 3 is 2.72 bits per heavy atom. The number of ether oxygens (including phenoxy) is 1. The summed E-state index contributed by atoms with van der Waals surface area (Å²) in [5, 5.41) is 0. The quantitative estimate of drug-likeness (QED) is 0.476. The fraction of sp³-hybridized carbons (Fsp3) is 0.625. The summed E-state index contributed by atoms with van der Waals surface area (Å²) in [6.07, 6.45) is 8.01. The van der Waals surface area contributed by atoms with Gasteiger partial charge in [-0.15, -0.1) is 0 Å². The summed E-state index contributed by atoms with van der Waals surface area (Å²) in [4.78, 5) is 0.505. The van der Waals surface area contributed by atoms with Crippen molar-refractivity contribution < 1.29 is 4.74 Å². The molecule has 0 saturated carbocycles. The molecule has 0 amide bonds. The molecule has 0 spiro atoms. The second kappa shape index (κ2) is 7.30. The predicted molar refractivity (Wildman–Crippen MR) is 80.0 cm³/mol. The molecule has 1 aromatic carbocycles. The summed E-state index contributed by atoms with van der Waals surface area (Å²) in [6.45, 7) is 3.85. The normalized spacial score (nSPS) is 15.7. The lowest BCUT2D eigenvalue weighted by molar-refractivity contribution is 0.134. The first-order valence-corrected chi connectivity index (χ1v) is 8.06. The van der Waals surface area contributed by atoms with Crippen LogP contribution < -0.4 is 0 Å². The number of rotatable bonds is 7. The smallest absolute Gasteiger partial charge is 0.0725 e. The van der Waals surface area contributed by atoms with Gasteiger partial charge in [0.15, 0.2) is 0 Å². The van der Waals surface area contributed by atoms with E-state index < -0.39 is 0 Å².